The van der Waals surface area contributed by atoms with E-state index in [1.54, 1.807) is 0 Å². The number of nitrogens with zero attached hydrogens (tertiary/aromatic N) is 3. The van der Waals surface area contributed by atoms with E-state index in [0.717, 1.165) is 54.6 Å². The third kappa shape index (κ3) is 2.81. The van der Waals surface area contributed by atoms with Gasteiger partial charge in [0.25, 0.3) is 0 Å². The van der Waals surface area contributed by atoms with Gasteiger partial charge in [-0.2, -0.15) is 0 Å². The average molecular weight is 335 g/mol. The molecule has 0 aliphatic carbocycles. The van der Waals surface area contributed by atoms with Crippen LogP contribution in [-0.4, -0.2) is 33.1 Å². The second-order valence-corrected chi connectivity index (χ2v) is 7.25. The summed E-state index contributed by atoms with van der Waals surface area (Å²) < 4.78 is 2.41. The number of likely N-dealkylation sites (N-methyl/N-ethyl adjacent to an activating group) is 1. The third-order valence-corrected chi connectivity index (χ3v) is 5.38. The van der Waals surface area contributed by atoms with E-state index in [9.17, 15) is 5.11 Å². The lowest BCUT2D eigenvalue weighted by atomic mass is 10.0. The zero-order chi connectivity index (χ0) is 17.6. The molecule has 0 radical (unpaired) electrons. The number of aromatic hydroxyl groups is 1. The lowest BCUT2D eigenvalue weighted by molar-refractivity contribution is 0.309. The summed E-state index contributed by atoms with van der Waals surface area (Å²) >= 11 is 0. The molecule has 2 aromatic heterocycles. The molecule has 0 fully saturated rings. The van der Waals surface area contributed by atoms with Gasteiger partial charge in [0.15, 0.2) is 0 Å². The van der Waals surface area contributed by atoms with Gasteiger partial charge in [0.1, 0.15) is 5.75 Å². The molecule has 0 bridgehead atoms. The van der Waals surface area contributed by atoms with Crippen LogP contribution in [0.5, 0.6) is 5.75 Å². The van der Waals surface area contributed by atoms with Crippen molar-refractivity contribution in [2.24, 2.45) is 0 Å². The van der Waals surface area contributed by atoms with Gasteiger partial charge >= 0.3 is 0 Å². The Balaban J connectivity index is 1.77. The van der Waals surface area contributed by atoms with Crippen LogP contribution in [0.2, 0.25) is 0 Å². The molecule has 1 aliphatic heterocycles. The minimum Gasteiger partial charge on any atom is -0.507 e. The summed E-state index contributed by atoms with van der Waals surface area (Å²) in [5.74, 6) is 0.444. The van der Waals surface area contributed by atoms with Crippen LogP contribution in [-0.2, 0) is 25.9 Å². The Morgan fingerprint density at radius 1 is 1.16 bits per heavy atom. The van der Waals surface area contributed by atoms with Gasteiger partial charge in [0.2, 0.25) is 0 Å². The molecule has 1 aliphatic rings. The highest BCUT2D eigenvalue weighted by molar-refractivity contribution is 5.92. The fourth-order valence-corrected chi connectivity index (χ4v) is 3.90. The summed E-state index contributed by atoms with van der Waals surface area (Å²) in [7, 11) is 2.15. The number of rotatable bonds is 3. The van der Waals surface area contributed by atoms with Crippen molar-refractivity contribution in [2.75, 3.05) is 13.6 Å². The summed E-state index contributed by atoms with van der Waals surface area (Å²) in [4.78, 5) is 6.74. The molecule has 4 rings (SSSR count). The van der Waals surface area contributed by atoms with Gasteiger partial charge in [-0.05, 0) is 56.1 Å². The molecule has 0 saturated carbocycles. The number of phenolic OH excluding ortho intramolecular Hbond substituents is 1. The monoisotopic (exact) mass is 335 g/mol. The molecule has 3 aromatic rings. The number of fused-ring (bicyclic) bond motifs is 3. The molecule has 4 heteroatoms. The molecule has 1 aromatic carbocycles. The Morgan fingerprint density at radius 3 is 2.76 bits per heavy atom. The minimum atomic E-state index is 0.444. The maximum absolute atomic E-state index is 10.7. The molecule has 25 heavy (non-hydrogen) atoms. The van der Waals surface area contributed by atoms with Crippen LogP contribution in [0.4, 0.5) is 0 Å². The zero-order valence-corrected chi connectivity index (χ0v) is 15.2. The molecular formula is C21H25N3O. The molecule has 1 N–H and O–H groups in total. The van der Waals surface area contributed by atoms with Crippen LogP contribution in [0.25, 0.3) is 10.9 Å². The van der Waals surface area contributed by atoms with Crippen LogP contribution in [0, 0.1) is 13.8 Å². The first-order valence-corrected chi connectivity index (χ1v) is 8.97. The minimum absolute atomic E-state index is 0.444. The second-order valence-electron chi connectivity index (χ2n) is 7.25. The third-order valence-electron chi connectivity index (χ3n) is 5.38. The number of benzene rings is 1. The summed E-state index contributed by atoms with van der Waals surface area (Å²) in [5.41, 5.74) is 7.09. The van der Waals surface area contributed by atoms with Gasteiger partial charge in [-0.1, -0.05) is 12.1 Å². The van der Waals surface area contributed by atoms with Gasteiger partial charge in [-0.15, -0.1) is 0 Å². The molecule has 0 amide bonds. The van der Waals surface area contributed by atoms with Crippen molar-refractivity contribution in [1.29, 1.82) is 0 Å². The predicted octanol–water partition coefficient (Wildman–Crippen LogP) is 3.59. The number of hydrogen-bond acceptors (Lipinski definition) is 3. The van der Waals surface area contributed by atoms with Crippen molar-refractivity contribution in [2.45, 2.75) is 39.8 Å². The lowest BCUT2D eigenvalue weighted by Gasteiger charge is -2.24. The first-order chi connectivity index (χ1) is 12.0. The quantitative estimate of drug-likeness (QED) is 0.795. The van der Waals surface area contributed by atoms with Crippen LogP contribution < -0.4 is 0 Å². The average Bonchev–Trinajstić information content (AvgIpc) is 2.91. The fourth-order valence-electron chi connectivity index (χ4n) is 3.90. The Labute approximate surface area is 148 Å². The van der Waals surface area contributed by atoms with Crippen LogP contribution >= 0.6 is 0 Å². The molecule has 0 atom stereocenters. The normalized spacial score (nSPS) is 14.8. The van der Waals surface area contributed by atoms with Crippen molar-refractivity contribution in [1.82, 2.24) is 14.5 Å². The van der Waals surface area contributed by atoms with Crippen molar-refractivity contribution in [3.8, 4) is 5.75 Å². The van der Waals surface area contributed by atoms with Gasteiger partial charge in [-0.25, -0.2) is 0 Å². The molecule has 4 nitrogen and oxygen atoms in total. The molecular weight excluding hydrogens is 310 g/mol. The van der Waals surface area contributed by atoms with Crippen LogP contribution in [0.15, 0.2) is 30.5 Å². The number of hydrogen-bond donors (Lipinski definition) is 1. The largest absolute Gasteiger partial charge is 0.507 e. The van der Waals surface area contributed by atoms with E-state index < -0.39 is 0 Å². The molecule has 0 unspecified atom stereocenters. The van der Waals surface area contributed by atoms with E-state index in [4.69, 9.17) is 0 Å². The second kappa shape index (κ2) is 6.19. The van der Waals surface area contributed by atoms with Crippen LogP contribution in [0.3, 0.4) is 0 Å². The molecule has 3 heterocycles. The Hall–Kier alpha value is -2.33. The molecule has 0 saturated heterocycles. The highest BCUT2D eigenvalue weighted by atomic mass is 16.3. The van der Waals surface area contributed by atoms with E-state index in [2.05, 4.69) is 39.7 Å². The topological polar surface area (TPSA) is 41.3 Å². The Morgan fingerprint density at radius 2 is 2.00 bits per heavy atom. The van der Waals surface area contributed by atoms with Crippen molar-refractivity contribution >= 4 is 10.9 Å². The van der Waals surface area contributed by atoms with E-state index in [1.807, 2.05) is 26.1 Å². The maximum Gasteiger partial charge on any atom is 0.128 e. The van der Waals surface area contributed by atoms with Crippen molar-refractivity contribution < 1.29 is 5.11 Å². The predicted molar refractivity (Wildman–Crippen MR) is 101 cm³/mol. The van der Waals surface area contributed by atoms with E-state index in [1.165, 1.54) is 16.8 Å². The lowest BCUT2D eigenvalue weighted by Crippen LogP contribution is -2.27. The Kier molecular flexibility index (Phi) is 4.00. The first-order valence-electron chi connectivity index (χ1n) is 8.97. The number of aryl methyl sites for hydroxylation is 4. The van der Waals surface area contributed by atoms with Gasteiger partial charge < -0.3 is 14.6 Å². The van der Waals surface area contributed by atoms with Crippen molar-refractivity contribution in [3.63, 3.8) is 0 Å². The van der Waals surface area contributed by atoms with Crippen LogP contribution in [0.1, 0.15) is 28.1 Å². The van der Waals surface area contributed by atoms with Gasteiger partial charge in [0.05, 0.1) is 5.52 Å². The summed E-state index contributed by atoms with van der Waals surface area (Å²) in [6.45, 7) is 6.88. The van der Waals surface area contributed by atoms with E-state index in [-0.39, 0.29) is 0 Å². The Bertz CT molecular complexity index is 925. The number of aromatic nitrogens is 2. The SMILES string of the molecule is Cc1ccc(CCn2c3c(c4c(O)c(C)ccc42)CN(C)CC3)cn1. The number of pyridine rings is 1. The summed E-state index contributed by atoms with van der Waals surface area (Å²) in [6, 6.07) is 8.42. The van der Waals surface area contributed by atoms with Gasteiger partial charge in [-0.3, -0.25) is 4.98 Å². The number of phenols is 1. The van der Waals surface area contributed by atoms with Gasteiger partial charge in [0, 0.05) is 49.0 Å². The summed E-state index contributed by atoms with van der Waals surface area (Å²) in [5, 5.41) is 11.7. The fraction of sp³-hybridized carbons (Fsp3) is 0.381. The smallest absolute Gasteiger partial charge is 0.128 e. The highest BCUT2D eigenvalue weighted by Gasteiger charge is 2.24. The molecule has 130 valence electrons. The summed E-state index contributed by atoms with van der Waals surface area (Å²) in [6.07, 6.45) is 3.96. The first kappa shape index (κ1) is 16.2. The molecule has 0 spiro atoms. The standard InChI is InChI=1S/C21H25N3O/c1-14-4-7-19-20(21(14)25)17-13-23(3)10-9-18(17)24(19)11-8-16-6-5-15(2)22-12-16/h4-7,12,25H,8-11,13H2,1-3H3. The highest BCUT2D eigenvalue weighted by Crippen LogP contribution is 2.37. The van der Waals surface area contributed by atoms with E-state index in [0.29, 0.717) is 5.75 Å². The maximum atomic E-state index is 10.7. The zero-order valence-electron chi connectivity index (χ0n) is 15.2. The van der Waals surface area contributed by atoms with E-state index >= 15 is 0 Å². The van der Waals surface area contributed by atoms with Crippen molar-refractivity contribution in [3.05, 3.63) is 58.5 Å².